The third kappa shape index (κ3) is 38.4. The van der Waals surface area contributed by atoms with Crippen molar-refractivity contribution in [3.63, 3.8) is 0 Å². The molecule has 0 aromatic heterocycles. The molecule has 0 spiro atoms. The first-order chi connectivity index (χ1) is 40.6. The van der Waals surface area contributed by atoms with Gasteiger partial charge in [-0.1, -0.05) is 267 Å². The summed E-state index contributed by atoms with van der Waals surface area (Å²) in [5, 5.41) is 87.4. The molecular formula is C69H123NO13. The van der Waals surface area contributed by atoms with Crippen molar-refractivity contribution in [2.45, 2.75) is 338 Å². The van der Waals surface area contributed by atoms with E-state index in [1.54, 1.807) is 6.08 Å². The number of allylic oxidation sites excluding steroid dienone is 11. The van der Waals surface area contributed by atoms with E-state index >= 15 is 0 Å². The van der Waals surface area contributed by atoms with Gasteiger partial charge in [-0.2, -0.15) is 0 Å². The number of hydrogen-bond donors (Lipinski definition) is 9. The maximum absolute atomic E-state index is 13.3. The van der Waals surface area contributed by atoms with E-state index in [-0.39, 0.29) is 18.9 Å². The van der Waals surface area contributed by atoms with E-state index in [9.17, 15) is 45.6 Å². The van der Waals surface area contributed by atoms with Gasteiger partial charge in [0.15, 0.2) is 12.6 Å². The van der Waals surface area contributed by atoms with Crippen molar-refractivity contribution in [2.24, 2.45) is 0 Å². The molecule has 0 radical (unpaired) electrons. The molecule has 2 heterocycles. The Hall–Kier alpha value is -2.57. The second kappa shape index (κ2) is 53.7. The van der Waals surface area contributed by atoms with Gasteiger partial charge in [0.1, 0.15) is 48.8 Å². The lowest BCUT2D eigenvalue weighted by molar-refractivity contribution is -0.359. The van der Waals surface area contributed by atoms with Crippen molar-refractivity contribution in [2.75, 3.05) is 19.8 Å². The van der Waals surface area contributed by atoms with Gasteiger partial charge in [0.25, 0.3) is 0 Å². The average Bonchev–Trinajstić information content (AvgIpc) is 3.65. The molecule has 14 heteroatoms. The second-order valence-corrected chi connectivity index (χ2v) is 23.6. The molecule has 0 aliphatic carbocycles. The molecule has 14 nitrogen and oxygen atoms in total. The molecule has 0 aromatic rings. The second-order valence-electron chi connectivity index (χ2n) is 23.6. The SMILES string of the molecule is CC/C=C\C/C=C\C/C=C\C/C=C\C/C=C\CCCCCCCCCCCCCCCC(=O)NC(COC1OC(CO)C(OC2OC(CO)C(O)C(O)C2O)C(O)C1O)C(O)/C=C/CCCCCCCCCCCCCCCCCCCC. The van der Waals surface area contributed by atoms with Crippen LogP contribution in [0.15, 0.2) is 72.9 Å². The minimum atomic E-state index is -1.79. The van der Waals surface area contributed by atoms with Crippen LogP contribution in [0.5, 0.6) is 0 Å². The number of aliphatic hydroxyl groups is 8. The number of ether oxygens (including phenoxy) is 4. The number of carbonyl (C=O) groups is 1. The Kier molecular flexibility index (Phi) is 49.5. The van der Waals surface area contributed by atoms with Crippen molar-refractivity contribution in [1.29, 1.82) is 0 Å². The van der Waals surface area contributed by atoms with Gasteiger partial charge in [0, 0.05) is 6.42 Å². The first kappa shape index (κ1) is 76.5. The fourth-order valence-electron chi connectivity index (χ4n) is 10.8. The molecule has 0 aromatic carbocycles. The molecular weight excluding hydrogens is 1050 g/mol. The lowest BCUT2D eigenvalue weighted by atomic mass is 9.97. The summed E-state index contributed by atoms with van der Waals surface area (Å²) in [4.78, 5) is 13.3. The highest BCUT2D eigenvalue weighted by Crippen LogP contribution is 2.30. The van der Waals surface area contributed by atoms with E-state index in [1.807, 2.05) is 6.08 Å². The molecule has 2 saturated heterocycles. The Morgan fingerprint density at radius 1 is 0.446 bits per heavy atom. The maximum Gasteiger partial charge on any atom is 0.220 e. The van der Waals surface area contributed by atoms with Crippen LogP contribution in [0, 0.1) is 0 Å². The molecule has 0 saturated carbocycles. The van der Waals surface area contributed by atoms with Gasteiger partial charge in [-0.05, 0) is 64.2 Å². The van der Waals surface area contributed by atoms with Gasteiger partial charge >= 0.3 is 0 Å². The third-order valence-electron chi connectivity index (χ3n) is 16.1. The van der Waals surface area contributed by atoms with Crippen molar-refractivity contribution >= 4 is 5.91 Å². The molecule has 0 bridgehead atoms. The summed E-state index contributed by atoms with van der Waals surface area (Å²) in [6.45, 7) is 2.71. The van der Waals surface area contributed by atoms with Crippen LogP contribution in [0.4, 0.5) is 0 Å². The van der Waals surface area contributed by atoms with Crippen molar-refractivity contribution in [1.82, 2.24) is 5.32 Å². The number of rotatable bonds is 54. The van der Waals surface area contributed by atoms with Crippen molar-refractivity contribution in [3.05, 3.63) is 72.9 Å². The summed E-state index contributed by atoms with van der Waals surface area (Å²) in [6, 6.07) is -0.919. The summed E-state index contributed by atoms with van der Waals surface area (Å²) in [5.41, 5.74) is 0. The summed E-state index contributed by atoms with van der Waals surface area (Å²) in [7, 11) is 0. The first-order valence-corrected chi connectivity index (χ1v) is 33.7. The van der Waals surface area contributed by atoms with E-state index < -0.39 is 86.8 Å². The quantitative estimate of drug-likeness (QED) is 0.0204. The first-order valence-electron chi connectivity index (χ1n) is 33.7. The van der Waals surface area contributed by atoms with Crippen LogP contribution >= 0.6 is 0 Å². The Labute approximate surface area is 504 Å². The number of nitrogens with one attached hydrogen (secondary N) is 1. The number of carbonyl (C=O) groups excluding carboxylic acids is 1. The highest BCUT2D eigenvalue weighted by atomic mass is 16.7. The molecule has 12 atom stereocenters. The highest BCUT2D eigenvalue weighted by Gasteiger charge is 2.51. The molecule has 9 N–H and O–H groups in total. The molecule has 2 aliphatic rings. The number of unbranched alkanes of at least 4 members (excludes halogenated alkanes) is 31. The highest BCUT2D eigenvalue weighted by molar-refractivity contribution is 5.76. The van der Waals surface area contributed by atoms with Gasteiger partial charge in [0.2, 0.25) is 5.91 Å². The fraction of sp³-hybridized carbons (Fsp3) is 0.812. The maximum atomic E-state index is 13.3. The van der Waals surface area contributed by atoms with E-state index in [2.05, 4.69) is 79.9 Å². The van der Waals surface area contributed by atoms with Crippen LogP contribution in [0.2, 0.25) is 0 Å². The van der Waals surface area contributed by atoms with Gasteiger partial charge in [0.05, 0.1) is 32.0 Å². The van der Waals surface area contributed by atoms with E-state index in [1.165, 1.54) is 161 Å². The normalized spacial score (nSPS) is 24.3. The van der Waals surface area contributed by atoms with Crippen LogP contribution in [-0.2, 0) is 23.7 Å². The van der Waals surface area contributed by atoms with Gasteiger partial charge in [-0.15, -0.1) is 0 Å². The molecule has 2 aliphatic heterocycles. The predicted molar refractivity (Wildman–Crippen MR) is 337 cm³/mol. The Morgan fingerprint density at radius 2 is 0.831 bits per heavy atom. The number of aliphatic hydroxyl groups excluding tert-OH is 8. The van der Waals surface area contributed by atoms with Crippen molar-refractivity contribution < 1.29 is 64.6 Å². The molecule has 83 heavy (non-hydrogen) atoms. The largest absolute Gasteiger partial charge is 0.394 e. The minimum absolute atomic E-state index is 0.241. The molecule has 2 fully saturated rings. The summed E-state index contributed by atoms with van der Waals surface area (Å²) in [6.07, 6.45) is 55.1. The summed E-state index contributed by atoms with van der Waals surface area (Å²) < 4.78 is 22.8. The lowest BCUT2D eigenvalue weighted by Crippen LogP contribution is -2.65. The Bertz CT molecular complexity index is 1670. The van der Waals surface area contributed by atoms with Gasteiger partial charge in [-0.3, -0.25) is 4.79 Å². The van der Waals surface area contributed by atoms with E-state index in [0.29, 0.717) is 6.42 Å². The molecule has 482 valence electrons. The van der Waals surface area contributed by atoms with Crippen LogP contribution in [-0.4, -0.2) is 140 Å². The Morgan fingerprint density at radius 3 is 1.28 bits per heavy atom. The number of amides is 1. The van der Waals surface area contributed by atoms with Gasteiger partial charge < -0.3 is 65.1 Å². The fourth-order valence-corrected chi connectivity index (χ4v) is 10.8. The van der Waals surface area contributed by atoms with E-state index in [4.69, 9.17) is 18.9 Å². The van der Waals surface area contributed by atoms with E-state index in [0.717, 1.165) is 77.0 Å². The van der Waals surface area contributed by atoms with Crippen LogP contribution < -0.4 is 5.32 Å². The predicted octanol–water partition coefficient (Wildman–Crippen LogP) is 13.1. The van der Waals surface area contributed by atoms with Gasteiger partial charge in [-0.25, -0.2) is 0 Å². The lowest BCUT2D eigenvalue weighted by Gasteiger charge is -2.46. The number of hydrogen-bond acceptors (Lipinski definition) is 13. The zero-order valence-electron chi connectivity index (χ0n) is 52.2. The third-order valence-corrected chi connectivity index (χ3v) is 16.1. The molecule has 1 amide bonds. The summed E-state index contributed by atoms with van der Waals surface area (Å²) >= 11 is 0. The topological polar surface area (TPSA) is 228 Å². The molecule has 12 unspecified atom stereocenters. The van der Waals surface area contributed by atoms with Crippen LogP contribution in [0.1, 0.15) is 264 Å². The summed E-state index contributed by atoms with van der Waals surface area (Å²) in [5.74, 6) is -0.241. The average molecular weight is 1170 g/mol. The standard InChI is InChI=1S/C69H123NO13/c1-3-5-7-9-11-13-15-17-19-21-23-25-26-27-28-29-30-31-32-33-35-37-39-41-43-45-47-49-51-53-61(74)70-57(58(73)52-50-48-46-44-42-40-38-36-34-24-22-20-18-16-14-12-10-8-6-4-2)56-80-68-66(79)64(77)67(60(55-72)82-68)83-69-65(78)63(76)62(75)59(54-71)81-69/h5,7,11,13,17,19,23,25,27-28,50,52,57-60,62-69,71-73,75-79H,3-4,6,8-10,12,14-16,18,20-22,24,26,29-49,51,53-56H2,1-2H3,(H,70,74)/b7-5-,13-11-,19-17-,25-23-,28-27-,52-50+. The molecule has 2 rings (SSSR count). The zero-order chi connectivity index (χ0) is 60.2. The monoisotopic (exact) mass is 1170 g/mol. The van der Waals surface area contributed by atoms with Crippen LogP contribution in [0.3, 0.4) is 0 Å². The van der Waals surface area contributed by atoms with Crippen molar-refractivity contribution in [3.8, 4) is 0 Å². The Balaban J connectivity index is 1.69. The zero-order valence-corrected chi connectivity index (χ0v) is 52.2. The minimum Gasteiger partial charge on any atom is -0.394 e. The van der Waals surface area contributed by atoms with Crippen LogP contribution in [0.25, 0.3) is 0 Å². The smallest absolute Gasteiger partial charge is 0.220 e.